The van der Waals surface area contributed by atoms with E-state index >= 15 is 0 Å². The molecule has 1 aromatic carbocycles. The monoisotopic (exact) mass is 542 g/mol. The average molecular weight is 542 g/mol. The van der Waals surface area contributed by atoms with E-state index in [4.69, 9.17) is 4.55 Å². The highest BCUT2D eigenvalue weighted by Crippen LogP contribution is 2.42. The first-order valence-electron chi connectivity index (χ1n) is 9.37. The maximum Gasteiger partial charge on any atom is 0.464 e. The highest BCUT2D eigenvalue weighted by atomic mass is 32.2. The molecule has 198 valence electrons. The molecule has 0 amide bonds. The third kappa shape index (κ3) is 7.20. The summed E-state index contributed by atoms with van der Waals surface area (Å²) < 4.78 is 145. The molecule has 0 aromatic heterocycles. The van der Waals surface area contributed by atoms with Gasteiger partial charge in [0.05, 0.1) is 6.61 Å². The number of halogens is 8. The Labute approximate surface area is 193 Å². The van der Waals surface area contributed by atoms with Gasteiger partial charge in [-0.1, -0.05) is 36.9 Å². The van der Waals surface area contributed by atoms with Crippen LogP contribution in [0.2, 0.25) is 0 Å². The first-order valence-corrected chi connectivity index (χ1v) is 10.8. The number of carbonyl (C=O) groups excluding carboxylic acids is 2. The molecule has 7 nitrogen and oxygen atoms in total. The molecule has 0 saturated carbocycles. The summed E-state index contributed by atoms with van der Waals surface area (Å²) in [6.07, 6.45) is -10.8. The molecular formula is C19H18F8O7S. The summed E-state index contributed by atoms with van der Waals surface area (Å²) in [7, 11) is -6.52. The Morgan fingerprint density at radius 2 is 1.51 bits per heavy atom. The fourth-order valence-electron chi connectivity index (χ4n) is 2.55. The molecule has 0 bridgehead atoms. The number of hydrogen-bond donors (Lipinski definition) is 1. The minimum absolute atomic E-state index is 0.00284. The van der Waals surface area contributed by atoms with Gasteiger partial charge in [0.2, 0.25) is 11.6 Å². The van der Waals surface area contributed by atoms with Crippen molar-refractivity contribution in [2.75, 3.05) is 6.61 Å². The van der Waals surface area contributed by atoms with Crippen LogP contribution in [0.5, 0.6) is 0 Å². The standard InChI is InChI=1S/C19H18F8O7S/c1-12(20)15(29)34-17(18(23,24)25,14(28)11-13-7-3-2-4-8-13)33-10-6-5-9-16(21,22)19(26,27)35(30,31)32/h2-4,7-8H,1,5-6,9-11H2,(H,30,31,32). The van der Waals surface area contributed by atoms with Crippen molar-refractivity contribution in [3.8, 4) is 0 Å². The van der Waals surface area contributed by atoms with Crippen LogP contribution < -0.4 is 0 Å². The molecule has 0 saturated heterocycles. The van der Waals surface area contributed by atoms with Crippen molar-refractivity contribution < 1.29 is 67.2 Å². The topological polar surface area (TPSA) is 107 Å². The van der Waals surface area contributed by atoms with E-state index < -0.39 is 83.1 Å². The number of ketones is 1. The van der Waals surface area contributed by atoms with Gasteiger partial charge in [0.1, 0.15) is 0 Å². The molecule has 0 radical (unpaired) electrons. The van der Waals surface area contributed by atoms with Gasteiger partial charge in [0, 0.05) is 12.8 Å². The fraction of sp³-hybridized carbons (Fsp3) is 0.474. The lowest BCUT2D eigenvalue weighted by Gasteiger charge is -2.33. The van der Waals surface area contributed by atoms with Crippen molar-refractivity contribution in [2.24, 2.45) is 0 Å². The SMILES string of the molecule is C=C(F)C(=O)OC(OCCCCC(F)(F)C(F)(F)S(=O)(=O)O)(C(=O)Cc1ccccc1)C(F)(F)F. The number of unbranched alkanes of at least 4 members (excludes halogenated alkanes) is 1. The van der Waals surface area contributed by atoms with Crippen molar-refractivity contribution in [1.82, 2.24) is 0 Å². The Hall–Kier alpha value is -2.59. The summed E-state index contributed by atoms with van der Waals surface area (Å²) in [5.41, 5.74) is -0.00284. The summed E-state index contributed by atoms with van der Waals surface area (Å²) >= 11 is 0. The van der Waals surface area contributed by atoms with Crippen molar-refractivity contribution in [1.29, 1.82) is 0 Å². The van der Waals surface area contributed by atoms with E-state index in [1.807, 2.05) is 0 Å². The van der Waals surface area contributed by atoms with Gasteiger partial charge in [-0.05, 0) is 18.4 Å². The lowest BCUT2D eigenvalue weighted by Crippen LogP contribution is -2.58. The van der Waals surface area contributed by atoms with E-state index in [-0.39, 0.29) is 5.56 Å². The van der Waals surface area contributed by atoms with Crippen molar-refractivity contribution in [3.05, 3.63) is 48.3 Å². The van der Waals surface area contributed by atoms with Crippen molar-refractivity contribution in [2.45, 2.75) is 48.8 Å². The van der Waals surface area contributed by atoms with Crippen LogP contribution in [-0.2, 0) is 35.6 Å². The molecule has 0 aliphatic rings. The van der Waals surface area contributed by atoms with Gasteiger partial charge in [0.15, 0.2) is 0 Å². The molecule has 1 atom stereocenters. The second kappa shape index (κ2) is 11.0. The molecule has 1 rings (SSSR count). The molecule has 0 fully saturated rings. The normalized spacial score (nSPS) is 14.8. The molecule has 0 aliphatic carbocycles. The maximum atomic E-state index is 13.8. The van der Waals surface area contributed by atoms with E-state index in [1.54, 1.807) is 0 Å². The first-order chi connectivity index (χ1) is 15.8. The van der Waals surface area contributed by atoms with Crippen LogP contribution >= 0.6 is 0 Å². The Kier molecular flexibility index (Phi) is 9.56. The van der Waals surface area contributed by atoms with E-state index in [1.165, 1.54) is 30.3 Å². The quantitative estimate of drug-likeness (QED) is 0.0985. The number of rotatable bonds is 13. The minimum Gasteiger partial charge on any atom is -0.411 e. The largest absolute Gasteiger partial charge is 0.464 e. The predicted octanol–water partition coefficient (Wildman–Crippen LogP) is 4.39. The van der Waals surface area contributed by atoms with Gasteiger partial charge < -0.3 is 9.47 Å². The van der Waals surface area contributed by atoms with Crippen molar-refractivity contribution >= 4 is 21.9 Å². The highest BCUT2D eigenvalue weighted by Gasteiger charge is 2.66. The number of esters is 1. The zero-order chi connectivity index (χ0) is 27.3. The van der Waals surface area contributed by atoms with E-state index in [0.717, 1.165) is 0 Å². The lowest BCUT2D eigenvalue weighted by molar-refractivity contribution is -0.346. The van der Waals surface area contributed by atoms with Crippen LogP contribution in [0.3, 0.4) is 0 Å². The summed E-state index contributed by atoms with van der Waals surface area (Å²) in [6, 6.07) is 6.64. The van der Waals surface area contributed by atoms with Crippen LogP contribution in [-0.4, -0.2) is 54.5 Å². The van der Waals surface area contributed by atoms with Crippen LogP contribution in [0.4, 0.5) is 35.1 Å². The summed E-state index contributed by atoms with van der Waals surface area (Å²) in [5, 5.41) is -5.89. The molecule has 1 unspecified atom stereocenters. The van der Waals surface area contributed by atoms with Crippen LogP contribution in [0.25, 0.3) is 0 Å². The lowest BCUT2D eigenvalue weighted by atomic mass is 10.0. The molecule has 1 aromatic rings. The summed E-state index contributed by atoms with van der Waals surface area (Å²) in [6.45, 7) is 1.14. The Bertz CT molecular complexity index is 1030. The second-order valence-electron chi connectivity index (χ2n) is 7.00. The summed E-state index contributed by atoms with van der Waals surface area (Å²) in [4.78, 5) is 24.0. The van der Waals surface area contributed by atoms with E-state index in [0.29, 0.717) is 0 Å². The fourth-order valence-corrected chi connectivity index (χ4v) is 3.03. The van der Waals surface area contributed by atoms with Gasteiger partial charge in [-0.3, -0.25) is 9.35 Å². The Balaban J connectivity index is 3.09. The zero-order valence-electron chi connectivity index (χ0n) is 17.5. The third-order valence-electron chi connectivity index (χ3n) is 4.35. The highest BCUT2D eigenvalue weighted by molar-refractivity contribution is 7.87. The summed E-state index contributed by atoms with van der Waals surface area (Å²) in [5.74, 6) is -16.0. The van der Waals surface area contributed by atoms with Crippen LogP contribution in [0.15, 0.2) is 42.7 Å². The molecule has 16 heteroatoms. The number of carbonyl (C=O) groups is 2. The van der Waals surface area contributed by atoms with Gasteiger partial charge >= 0.3 is 39.2 Å². The third-order valence-corrected chi connectivity index (χ3v) is 5.29. The number of Topliss-reactive ketones (excluding diaryl/α,β-unsaturated/α-hetero) is 1. The number of alkyl halides is 7. The predicted molar refractivity (Wildman–Crippen MR) is 102 cm³/mol. The average Bonchev–Trinajstić information content (AvgIpc) is 2.71. The molecule has 0 spiro atoms. The number of benzene rings is 1. The van der Waals surface area contributed by atoms with Crippen molar-refractivity contribution in [3.63, 3.8) is 0 Å². The number of hydrogen-bond acceptors (Lipinski definition) is 6. The van der Waals surface area contributed by atoms with Gasteiger partial charge in [0.25, 0.3) is 0 Å². The van der Waals surface area contributed by atoms with Crippen LogP contribution in [0, 0.1) is 0 Å². The first kappa shape index (κ1) is 30.4. The maximum absolute atomic E-state index is 13.8. The second-order valence-corrected chi connectivity index (χ2v) is 8.46. The molecule has 0 heterocycles. The Morgan fingerprint density at radius 3 is 1.97 bits per heavy atom. The van der Waals surface area contributed by atoms with Gasteiger partial charge in [-0.15, -0.1) is 0 Å². The molecular weight excluding hydrogens is 524 g/mol. The minimum atomic E-state index is -6.52. The van der Waals surface area contributed by atoms with Gasteiger partial charge in [-0.25, -0.2) is 4.79 Å². The Morgan fingerprint density at radius 1 is 0.971 bits per heavy atom. The molecule has 35 heavy (non-hydrogen) atoms. The van der Waals surface area contributed by atoms with Crippen LogP contribution in [0.1, 0.15) is 24.8 Å². The zero-order valence-corrected chi connectivity index (χ0v) is 18.3. The van der Waals surface area contributed by atoms with E-state index in [9.17, 15) is 53.1 Å². The number of ether oxygens (including phenoxy) is 2. The van der Waals surface area contributed by atoms with Gasteiger partial charge in [-0.2, -0.15) is 43.5 Å². The molecule has 1 N–H and O–H groups in total. The smallest absolute Gasteiger partial charge is 0.411 e. The van der Waals surface area contributed by atoms with E-state index in [2.05, 4.69) is 16.1 Å². The molecule has 0 aliphatic heterocycles.